The maximum absolute atomic E-state index is 11.9. The van der Waals surface area contributed by atoms with Gasteiger partial charge in [0.2, 0.25) is 5.91 Å². The highest BCUT2D eigenvalue weighted by molar-refractivity contribution is 9.10. The van der Waals surface area contributed by atoms with E-state index < -0.39 is 17.2 Å². The molecule has 2 aromatic rings. The molecule has 1 amide bonds. The van der Waals surface area contributed by atoms with Crippen molar-refractivity contribution in [1.82, 2.24) is 9.55 Å². The van der Waals surface area contributed by atoms with Crippen LogP contribution in [0.1, 0.15) is 0 Å². The molecular weight excluding hydrogens is 350 g/mol. The molecule has 6 nitrogen and oxygen atoms in total. The summed E-state index contributed by atoms with van der Waals surface area (Å²) in [5.74, 6) is -0.415. The molecule has 1 heterocycles. The molecule has 0 fully saturated rings. The number of amides is 1. The number of hydrogen-bond donors (Lipinski definition) is 2. The number of H-pyrrole nitrogens is 1. The third-order valence-electron chi connectivity index (χ3n) is 2.43. The third kappa shape index (κ3) is 3.37. The summed E-state index contributed by atoms with van der Waals surface area (Å²) in [7, 11) is 0. The normalized spacial score (nSPS) is 10.3. The lowest BCUT2D eigenvalue weighted by atomic mass is 10.3. The van der Waals surface area contributed by atoms with Crippen LogP contribution < -0.4 is 16.6 Å². The molecule has 8 heteroatoms. The van der Waals surface area contributed by atoms with Crippen molar-refractivity contribution in [1.29, 1.82) is 0 Å². The molecule has 20 heavy (non-hydrogen) atoms. The van der Waals surface area contributed by atoms with E-state index in [-0.39, 0.29) is 11.6 Å². The highest BCUT2D eigenvalue weighted by Gasteiger charge is 2.09. The second kappa shape index (κ2) is 6.06. The van der Waals surface area contributed by atoms with Crippen LogP contribution in [0.15, 0.2) is 44.5 Å². The molecule has 0 spiro atoms. The second-order valence-electron chi connectivity index (χ2n) is 3.89. The lowest BCUT2D eigenvalue weighted by Crippen LogP contribution is -2.33. The van der Waals surface area contributed by atoms with E-state index in [1.54, 1.807) is 18.2 Å². The first-order chi connectivity index (χ1) is 9.47. The van der Waals surface area contributed by atoms with Gasteiger partial charge in [0.05, 0.1) is 5.69 Å². The minimum Gasteiger partial charge on any atom is -0.324 e. The first kappa shape index (κ1) is 14.5. The van der Waals surface area contributed by atoms with Crippen molar-refractivity contribution in [2.45, 2.75) is 6.54 Å². The fourth-order valence-corrected chi connectivity index (χ4v) is 2.06. The molecule has 0 saturated heterocycles. The summed E-state index contributed by atoms with van der Waals surface area (Å²) in [5.41, 5.74) is -0.790. The van der Waals surface area contributed by atoms with Crippen molar-refractivity contribution in [3.63, 3.8) is 0 Å². The molecule has 1 aromatic heterocycles. The molecule has 0 atom stereocenters. The molecule has 2 N–H and O–H groups in total. The zero-order valence-electron chi connectivity index (χ0n) is 10.0. The Hall–Kier alpha value is -1.86. The van der Waals surface area contributed by atoms with Crippen LogP contribution in [0.5, 0.6) is 0 Å². The number of nitrogens with one attached hydrogen (secondary N) is 2. The van der Waals surface area contributed by atoms with Gasteiger partial charge in [0.1, 0.15) is 11.6 Å². The summed E-state index contributed by atoms with van der Waals surface area (Å²) in [6.07, 6.45) is 1.13. The van der Waals surface area contributed by atoms with E-state index in [1.165, 1.54) is 0 Å². The molecule has 0 unspecified atom stereocenters. The zero-order chi connectivity index (χ0) is 14.7. The third-order valence-corrected chi connectivity index (χ3v) is 3.39. The van der Waals surface area contributed by atoms with Crippen molar-refractivity contribution >= 4 is 39.1 Å². The van der Waals surface area contributed by atoms with Gasteiger partial charge >= 0.3 is 5.69 Å². The number of rotatable bonds is 3. The predicted molar refractivity (Wildman–Crippen MR) is 79.1 cm³/mol. The first-order valence-electron chi connectivity index (χ1n) is 5.51. The standard InChI is InChI=1S/C12H9BrClN3O3/c13-7-3-1-2-4-9(7)15-10(18)6-17-5-8(14)11(19)16-12(17)20/h1-5H,6H2,(H,15,18)(H,16,19,20). The average molecular weight is 359 g/mol. The number of para-hydroxylation sites is 1. The Morgan fingerprint density at radius 1 is 1.35 bits per heavy atom. The Balaban J connectivity index is 2.17. The van der Waals surface area contributed by atoms with Crippen LogP contribution in [0.25, 0.3) is 0 Å². The Bertz CT molecular complexity index is 769. The van der Waals surface area contributed by atoms with E-state index in [4.69, 9.17) is 11.6 Å². The molecule has 104 valence electrons. The van der Waals surface area contributed by atoms with Gasteiger partial charge in [0.25, 0.3) is 5.56 Å². The van der Waals surface area contributed by atoms with Crippen LogP contribution in [0.2, 0.25) is 5.02 Å². The highest BCUT2D eigenvalue weighted by atomic mass is 79.9. The van der Waals surface area contributed by atoms with Crippen molar-refractivity contribution in [3.8, 4) is 0 Å². The fraction of sp³-hybridized carbons (Fsp3) is 0.0833. The molecule has 0 bridgehead atoms. The molecule has 0 aliphatic rings. The minimum atomic E-state index is -0.693. The van der Waals surface area contributed by atoms with Crippen molar-refractivity contribution in [2.75, 3.05) is 5.32 Å². The number of carbonyl (C=O) groups is 1. The van der Waals surface area contributed by atoms with Crippen molar-refractivity contribution < 1.29 is 4.79 Å². The number of nitrogens with zero attached hydrogens (tertiary/aromatic N) is 1. The molecule has 0 aliphatic heterocycles. The van der Waals surface area contributed by atoms with E-state index in [9.17, 15) is 14.4 Å². The lowest BCUT2D eigenvalue weighted by Gasteiger charge is -2.08. The van der Waals surface area contributed by atoms with Gasteiger partial charge in [-0.25, -0.2) is 4.79 Å². The number of benzene rings is 1. The number of carbonyl (C=O) groups excluding carboxylic acids is 1. The highest BCUT2D eigenvalue weighted by Crippen LogP contribution is 2.20. The summed E-state index contributed by atoms with van der Waals surface area (Å²) < 4.78 is 1.75. The Morgan fingerprint density at radius 2 is 2.05 bits per heavy atom. The smallest absolute Gasteiger partial charge is 0.324 e. The Kier molecular flexibility index (Phi) is 4.41. The van der Waals surface area contributed by atoms with Gasteiger partial charge in [-0.2, -0.15) is 0 Å². The van der Waals surface area contributed by atoms with Crippen LogP contribution in [0.4, 0.5) is 5.69 Å². The van der Waals surface area contributed by atoms with Gasteiger partial charge < -0.3 is 5.32 Å². The van der Waals surface area contributed by atoms with Crippen LogP contribution >= 0.6 is 27.5 Å². The van der Waals surface area contributed by atoms with Gasteiger partial charge in [-0.1, -0.05) is 23.7 Å². The number of halogens is 2. The van der Waals surface area contributed by atoms with E-state index in [2.05, 4.69) is 21.2 Å². The van der Waals surface area contributed by atoms with Gasteiger partial charge in [-0.05, 0) is 28.1 Å². The van der Waals surface area contributed by atoms with Crippen molar-refractivity contribution in [2.24, 2.45) is 0 Å². The van der Waals surface area contributed by atoms with Gasteiger partial charge in [0, 0.05) is 10.7 Å². The predicted octanol–water partition coefficient (Wildman–Crippen LogP) is 1.59. The van der Waals surface area contributed by atoms with Crippen LogP contribution in [-0.2, 0) is 11.3 Å². The molecule has 1 aromatic carbocycles. The topological polar surface area (TPSA) is 84.0 Å². The number of aromatic amines is 1. The first-order valence-corrected chi connectivity index (χ1v) is 6.68. The number of hydrogen-bond acceptors (Lipinski definition) is 3. The minimum absolute atomic E-state index is 0.154. The lowest BCUT2D eigenvalue weighted by molar-refractivity contribution is -0.116. The summed E-state index contributed by atoms with van der Waals surface area (Å²) in [6, 6.07) is 7.07. The van der Waals surface area contributed by atoms with Gasteiger partial charge in [-0.3, -0.25) is 19.1 Å². The van der Waals surface area contributed by atoms with Gasteiger partial charge in [-0.15, -0.1) is 0 Å². The average Bonchev–Trinajstić information content (AvgIpc) is 2.39. The second-order valence-corrected chi connectivity index (χ2v) is 5.15. The summed E-state index contributed by atoms with van der Waals surface area (Å²) in [5, 5.41) is 2.48. The molecular formula is C12H9BrClN3O3. The zero-order valence-corrected chi connectivity index (χ0v) is 12.4. The van der Waals surface area contributed by atoms with Crippen molar-refractivity contribution in [3.05, 3.63) is 60.8 Å². The number of aromatic nitrogens is 2. The Labute approximate surface area is 126 Å². The fourth-order valence-electron chi connectivity index (χ4n) is 1.51. The van der Waals surface area contributed by atoms with E-state index in [1.807, 2.05) is 11.1 Å². The van der Waals surface area contributed by atoms with Crippen LogP contribution in [0, 0.1) is 0 Å². The quantitative estimate of drug-likeness (QED) is 0.874. The van der Waals surface area contributed by atoms with E-state index in [0.717, 1.165) is 15.2 Å². The summed E-state index contributed by atoms with van der Waals surface area (Å²) in [4.78, 5) is 36.5. The summed E-state index contributed by atoms with van der Waals surface area (Å²) >= 11 is 8.91. The van der Waals surface area contributed by atoms with Crippen LogP contribution in [-0.4, -0.2) is 15.5 Å². The maximum atomic E-state index is 11.9. The van der Waals surface area contributed by atoms with E-state index in [0.29, 0.717) is 5.69 Å². The van der Waals surface area contributed by atoms with E-state index >= 15 is 0 Å². The molecule has 2 rings (SSSR count). The monoisotopic (exact) mass is 357 g/mol. The number of anilines is 1. The SMILES string of the molecule is O=C(Cn1cc(Cl)c(=O)[nH]c1=O)Nc1ccccc1Br. The molecule has 0 radical (unpaired) electrons. The van der Waals surface area contributed by atoms with Gasteiger partial charge in [0.15, 0.2) is 0 Å². The maximum Gasteiger partial charge on any atom is 0.328 e. The largest absolute Gasteiger partial charge is 0.328 e. The van der Waals surface area contributed by atoms with Crippen LogP contribution in [0.3, 0.4) is 0 Å². The summed E-state index contributed by atoms with van der Waals surface area (Å²) in [6.45, 7) is -0.253. The Morgan fingerprint density at radius 3 is 2.75 bits per heavy atom. The molecule has 0 aliphatic carbocycles. The molecule has 0 saturated carbocycles.